The second-order valence-electron chi connectivity index (χ2n) is 21.3. The molecule has 0 unspecified atom stereocenters. The molecule has 0 bridgehead atoms. The molecule has 0 radical (unpaired) electrons. The summed E-state index contributed by atoms with van der Waals surface area (Å²) in [4.78, 5) is 7.18. The molecule has 3 heteroatoms. The van der Waals surface area contributed by atoms with E-state index in [2.05, 4.69) is 292 Å². The Morgan fingerprint density at radius 1 is 0.247 bits per heavy atom. The molecule has 0 heterocycles. The summed E-state index contributed by atoms with van der Waals surface area (Å²) in [5.74, 6) is 0. The van der Waals surface area contributed by atoms with Gasteiger partial charge in [-0.05, 0) is 219 Å². The van der Waals surface area contributed by atoms with E-state index in [-0.39, 0.29) is 0 Å². The van der Waals surface area contributed by atoms with Crippen molar-refractivity contribution in [1.29, 1.82) is 0 Å². The maximum atomic E-state index is 2.42. The first kappa shape index (κ1) is 49.0. The van der Waals surface area contributed by atoms with Crippen molar-refractivity contribution in [2.24, 2.45) is 0 Å². The first-order chi connectivity index (χ1) is 37.7. The van der Waals surface area contributed by atoms with Gasteiger partial charge in [-0.15, -0.1) is 0 Å². The molecule has 0 N–H and O–H groups in total. The van der Waals surface area contributed by atoms with Crippen LogP contribution in [0.5, 0.6) is 0 Å². The van der Waals surface area contributed by atoms with Crippen molar-refractivity contribution in [3.05, 3.63) is 275 Å². The largest absolute Gasteiger partial charge is 0.310 e. The Morgan fingerprint density at radius 3 is 0.792 bits per heavy atom. The van der Waals surface area contributed by atoms with Crippen molar-refractivity contribution in [2.45, 2.75) is 66.7 Å². The lowest BCUT2D eigenvalue weighted by Crippen LogP contribution is -2.11. The van der Waals surface area contributed by atoms with Gasteiger partial charge >= 0.3 is 0 Å². The van der Waals surface area contributed by atoms with Crippen molar-refractivity contribution < 1.29 is 0 Å². The van der Waals surface area contributed by atoms with Crippen LogP contribution in [0.2, 0.25) is 0 Å². The summed E-state index contributed by atoms with van der Waals surface area (Å²) in [5, 5.41) is 7.21. The normalized spacial score (nSPS) is 12.7. The van der Waals surface area contributed by atoms with E-state index in [1.165, 1.54) is 103 Å². The molecule has 1 aliphatic carbocycles. The Labute approximate surface area is 455 Å². The first-order valence-electron chi connectivity index (χ1n) is 27.4. The third-order valence-electron chi connectivity index (χ3n) is 15.5. The highest BCUT2D eigenvalue weighted by atomic mass is 15.2. The summed E-state index contributed by atoms with van der Waals surface area (Å²) in [6.45, 7) is 10.8. The molecule has 11 aromatic rings. The zero-order chi connectivity index (χ0) is 52.4. The number of fused-ring (bicyclic) bond motifs is 6. The number of benzene rings is 11. The van der Waals surface area contributed by atoms with E-state index >= 15 is 0 Å². The van der Waals surface area contributed by atoms with Gasteiger partial charge in [-0.2, -0.15) is 0 Å². The van der Waals surface area contributed by atoms with Gasteiger partial charge in [0.1, 0.15) is 0 Å². The topological polar surface area (TPSA) is 9.72 Å². The van der Waals surface area contributed by atoms with Gasteiger partial charge in [-0.3, -0.25) is 0 Å². The standard InChI is InChI=1S/C74H65N3/c1-51-11-29-60(30-12-51)75(61-31-13-52(2)14-32-61)66-41-44-69-72-48-67(76(62-33-15-53(3)16-34-62)63-35-17-54(4)18-36-63)42-45-70(72)74-50-68(43-46-71(74)73(69)49-66)77(64-37-19-55(5)20-38-64)65-39-27-57(28-40-65)22-21-56-23-25-59(26-24-56)47-58-9-7-6-8-10-58/h11-50H,6-10H2,1-5H3/b22-21+. The van der Waals surface area contributed by atoms with Crippen molar-refractivity contribution >= 4 is 102 Å². The second-order valence-corrected chi connectivity index (χ2v) is 21.3. The minimum Gasteiger partial charge on any atom is -0.310 e. The Kier molecular flexibility index (Phi) is 13.6. The van der Waals surface area contributed by atoms with Crippen LogP contribution in [0, 0.1) is 34.6 Å². The zero-order valence-electron chi connectivity index (χ0n) is 45.0. The summed E-state index contributed by atoms with van der Waals surface area (Å²) in [7, 11) is 0. The molecule has 0 aromatic heterocycles. The maximum absolute atomic E-state index is 2.42. The lowest BCUT2D eigenvalue weighted by Gasteiger charge is -2.28. The summed E-state index contributed by atoms with van der Waals surface area (Å²) in [6.07, 6.45) is 13.3. The summed E-state index contributed by atoms with van der Waals surface area (Å²) in [6, 6.07) is 83.6. The van der Waals surface area contributed by atoms with Gasteiger partial charge in [0.25, 0.3) is 0 Å². The van der Waals surface area contributed by atoms with Crippen LogP contribution < -0.4 is 14.7 Å². The molecule has 12 rings (SSSR count). The third kappa shape index (κ3) is 10.4. The second kappa shape index (κ2) is 21.4. The maximum Gasteiger partial charge on any atom is 0.0468 e. The van der Waals surface area contributed by atoms with Gasteiger partial charge < -0.3 is 14.7 Å². The highest BCUT2D eigenvalue weighted by Gasteiger charge is 2.21. The molecule has 0 saturated heterocycles. The molecule has 0 amide bonds. The van der Waals surface area contributed by atoms with Gasteiger partial charge in [0, 0.05) is 51.2 Å². The van der Waals surface area contributed by atoms with E-state index in [9.17, 15) is 0 Å². The SMILES string of the molecule is Cc1ccc(N(c2ccc(C)cc2)c2ccc3c(c2)c2ccc(N(c4ccc(C)cc4)c4ccc(C)cc4)cc2c2ccc(N(c4ccc(C)cc4)c4ccc(/C=C/c5ccc(C=C6CCCCC6)cc5)cc4)cc32)cc1. The van der Waals surface area contributed by atoms with Gasteiger partial charge in [-0.1, -0.05) is 173 Å². The number of rotatable bonds is 12. The van der Waals surface area contributed by atoms with Gasteiger partial charge in [-0.25, -0.2) is 0 Å². The average molecular weight is 996 g/mol. The molecule has 1 aliphatic rings. The lowest BCUT2D eigenvalue weighted by molar-refractivity contribution is 0.602. The van der Waals surface area contributed by atoms with Crippen LogP contribution in [0.25, 0.3) is 50.5 Å². The Balaban J connectivity index is 1.01. The Bertz CT molecular complexity index is 3710. The zero-order valence-corrected chi connectivity index (χ0v) is 45.0. The minimum absolute atomic E-state index is 1.09. The fraction of sp³-hybridized carbons (Fsp3) is 0.135. The lowest BCUT2D eigenvalue weighted by atomic mass is 9.92. The monoisotopic (exact) mass is 996 g/mol. The molecule has 0 spiro atoms. The van der Waals surface area contributed by atoms with Gasteiger partial charge in [0.15, 0.2) is 0 Å². The van der Waals surface area contributed by atoms with E-state index in [1.54, 1.807) is 5.57 Å². The van der Waals surface area contributed by atoms with E-state index in [1.807, 2.05) is 0 Å². The number of anilines is 9. The van der Waals surface area contributed by atoms with E-state index in [0.29, 0.717) is 0 Å². The van der Waals surface area contributed by atoms with Crippen LogP contribution in [-0.4, -0.2) is 0 Å². The van der Waals surface area contributed by atoms with Crippen LogP contribution in [0.4, 0.5) is 51.2 Å². The first-order valence-corrected chi connectivity index (χ1v) is 27.4. The molecule has 77 heavy (non-hydrogen) atoms. The molecule has 0 aliphatic heterocycles. The third-order valence-corrected chi connectivity index (χ3v) is 15.5. The fourth-order valence-corrected chi connectivity index (χ4v) is 11.2. The quantitative estimate of drug-likeness (QED) is 0.0892. The molecule has 0 atom stereocenters. The van der Waals surface area contributed by atoms with Crippen molar-refractivity contribution in [3.8, 4) is 0 Å². The number of hydrogen-bond donors (Lipinski definition) is 0. The molecule has 376 valence electrons. The Hall–Kier alpha value is -8.92. The minimum atomic E-state index is 1.09. The summed E-state index contributed by atoms with van der Waals surface area (Å²) < 4.78 is 0. The smallest absolute Gasteiger partial charge is 0.0468 e. The highest BCUT2D eigenvalue weighted by Crippen LogP contribution is 2.46. The number of allylic oxidation sites excluding steroid dienone is 1. The van der Waals surface area contributed by atoms with Gasteiger partial charge in [0.05, 0.1) is 0 Å². The van der Waals surface area contributed by atoms with E-state index in [0.717, 1.165) is 56.7 Å². The summed E-state index contributed by atoms with van der Waals surface area (Å²) in [5.41, 5.74) is 21.4. The van der Waals surface area contributed by atoms with Crippen LogP contribution >= 0.6 is 0 Å². The predicted molar refractivity (Wildman–Crippen MR) is 333 cm³/mol. The van der Waals surface area contributed by atoms with Gasteiger partial charge in [0.2, 0.25) is 0 Å². The molecular weight excluding hydrogens is 931 g/mol. The molecule has 11 aromatic carbocycles. The fourth-order valence-electron chi connectivity index (χ4n) is 11.2. The van der Waals surface area contributed by atoms with Crippen molar-refractivity contribution in [1.82, 2.24) is 0 Å². The van der Waals surface area contributed by atoms with Crippen LogP contribution in [0.3, 0.4) is 0 Å². The highest BCUT2D eigenvalue weighted by molar-refractivity contribution is 6.27. The number of hydrogen-bond acceptors (Lipinski definition) is 3. The number of nitrogens with zero attached hydrogens (tertiary/aromatic N) is 3. The molecule has 3 nitrogen and oxygen atoms in total. The van der Waals surface area contributed by atoms with Crippen LogP contribution in [0.1, 0.15) is 76.6 Å². The predicted octanol–water partition coefficient (Wildman–Crippen LogP) is 21.6. The number of aryl methyl sites for hydroxylation is 5. The van der Waals surface area contributed by atoms with Crippen LogP contribution in [0.15, 0.2) is 230 Å². The van der Waals surface area contributed by atoms with Crippen molar-refractivity contribution in [3.63, 3.8) is 0 Å². The Morgan fingerprint density at radius 2 is 0.494 bits per heavy atom. The van der Waals surface area contributed by atoms with E-state index in [4.69, 9.17) is 0 Å². The summed E-state index contributed by atoms with van der Waals surface area (Å²) >= 11 is 0. The molecule has 1 fully saturated rings. The van der Waals surface area contributed by atoms with E-state index < -0.39 is 0 Å². The van der Waals surface area contributed by atoms with Crippen molar-refractivity contribution in [2.75, 3.05) is 14.7 Å². The molecule has 1 saturated carbocycles. The molecular formula is C74H65N3. The van der Waals surface area contributed by atoms with Crippen LogP contribution in [-0.2, 0) is 0 Å². The average Bonchev–Trinajstić information content (AvgIpc) is 3.48.